The fourth-order valence-corrected chi connectivity index (χ4v) is 2.94. The molecule has 3 rings (SSSR count). The summed E-state index contributed by atoms with van der Waals surface area (Å²) in [5, 5.41) is 0.923. The molecule has 0 radical (unpaired) electrons. The number of pyridine rings is 2. The third-order valence-corrected chi connectivity index (χ3v) is 4.19. The predicted molar refractivity (Wildman–Crippen MR) is 99.2 cm³/mol. The molecule has 1 aromatic carbocycles. The lowest BCUT2D eigenvalue weighted by Crippen LogP contribution is -2.20. The summed E-state index contributed by atoms with van der Waals surface area (Å²) < 4.78 is 42.9. The molecule has 2 aromatic heterocycles. The molecular formula is C21H21F3N2O. The van der Waals surface area contributed by atoms with Crippen LogP contribution in [0, 0.1) is 5.92 Å². The van der Waals surface area contributed by atoms with Crippen molar-refractivity contribution in [3.05, 3.63) is 60.6 Å². The zero-order valence-electron chi connectivity index (χ0n) is 15.2. The summed E-state index contributed by atoms with van der Waals surface area (Å²) in [6.45, 7) is 2.63. The Labute approximate surface area is 156 Å². The molecule has 6 heteroatoms. The van der Waals surface area contributed by atoms with Crippen LogP contribution in [-0.2, 0) is 4.74 Å². The SMILES string of the molecule is CC(C)CC(OCC(F)(F)F)c1ccc2cc(-c3ccncc3)ccc2n1. The molecule has 0 saturated heterocycles. The molecule has 0 fully saturated rings. The standard InChI is InChI=1S/C21H21F3N2O/c1-14(2)11-20(27-13-21(22,23)24)19-6-4-17-12-16(3-5-18(17)26-19)15-7-9-25-10-8-15/h3-10,12,14,20H,11,13H2,1-2H3. The van der Waals surface area contributed by atoms with Crippen LogP contribution in [0.1, 0.15) is 32.1 Å². The molecular weight excluding hydrogens is 353 g/mol. The Balaban J connectivity index is 1.89. The maximum Gasteiger partial charge on any atom is 0.411 e. The second-order valence-electron chi connectivity index (χ2n) is 6.92. The molecule has 0 aliphatic heterocycles. The van der Waals surface area contributed by atoms with Crippen molar-refractivity contribution in [2.24, 2.45) is 5.92 Å². The first-order chi connectivity index (χ1) is 12.8. The zero-order chi connectivity index (χ0) is 19.4. The maximum atomic E-state index is 12.6. The Hall–Kier alpha value is -2.47. The number of nitrogens with zero attached hydrogens (tertiary/aromatic N) is 2. The van der Waals surface area contributed by atoms with Gasteiger partial charge in [-0.2, -0.15) is 13.2 Å². The van der Waals surface area contributed by atoms with Gasteiger partial charge in [0.2, 0.25) is 0 Å². The number of benzene rings is 1. The fraction of sp³-hybridized carbons (Fsp3) is 0.333. The molecule has 3 nitrogen and oxygen atoms in total. The second-order valence-corrected chi connectivity index (χ2v) is 6.92. The first-order valence-electron chi connectivity index (χ1n) is 8.81. The smallest absolute Gasteiger partial charge is 0.362 e. The maximum absolute atomic E-state index is 12.6. The van der Waals surface area contributed by atoms with Gasteiger partial charge < -0.3 is 4.74 Å². The van der Waals surface area contributed by atoms with Crippen LogP contribution in [0.4, 0.5) is 13.2 Å². The van der Waals surface area contributed by atoms with Crippen LogP contribution in [0.2, 0.25) is 0 Å². The number of ether oxygens (including phenoxy) is 1. The monoisotopic (exact) mass is 374 g/mol. The Morgan fingerprint density at radius 1 is 0.963 bits per heavy atom. The summed E-state index contributed by atoms with van der Waals surface area (Å²) in [5.41, 5.74) is 3.33. The second kappa shape index (κ2) is 8.05. The molecule has 0 saturated carbocycles. The Morgan fingerprint density at radius 3 is 2.37 bits per heavy atom. The predicted octanol–water partition coefficient (Wildman–Crippen LogP) is 5.96. The van der Waals surface area contributed by atoms with Crippen molar-refractivity contribution < 1.29 is 17.9 Å². The van der Waals surface area contributed by atoms with E-state index in [-0.39, 0.29) is 5.92 Å². The Bertz CT molecular complexity index is 895. The molecule has 142 valence electrons. The number of alkyl halides is 3. The molecule has 0 spiro atoms. The van der Waals surface area contributed by atoms with Crippen LogP contribution in [0.5, 0.6) is 0 Å². The minimum Gasteiger partial charge on any atom is -0.362 e. The minimum absolute atomic E-state index is 0.190. The van der Waals surface area contributed by atoms with Crippen molar-refractivity contribution in [1.82, 2.24) is 9.97 Å². The number of aromatic nitrogens is 2. The average molecular weight is 374 g/mol. The van der Waals surface area contributed by atoms with E-state index in [1.807, 2.05) is 50.2 Å². The van der Waals surface area contributed by atoms with Gasteiger partial charge in [0.25, 0.3) is 0 Å². The van der Waals surface area contributed by atoms with Crippen LogP contribution in [-0.4, -0.2) is 22.8 Å². The lowest BCUT2D eigenvalue weighted by Gasteiger charge is -2.20. The van der Waals surface area contributed by atoms with Crippen molar-refractivity contribution in [3.63, 3.8) is 0 Å². The highest BCUT2D eigenvalue weighted by molar-refractivity contribution is 5.84. The quantitative estimate of drug-likeness (QED) is 0.534. The highest BCUT2D eigenvalue weighted by Crippen LogP contribution is 2.29. The highest BCUT2D eigenvalue weighted by atomic mass is 19.4. The van der Waals surface area contributed by atoms with E-state index >= 15 is 0 Å². The van der Waals surface area contributed by atoms with E-state index in [9.17, 15) is 13.2 Å². The van der Waals surface area contributed by atoms with Crippen LogP contribution < -0.4 is 0 Å². The van der Waals surface area contributed by atoms with E-state index < -0.39 is 18.9 Å². The van der Waals surface area contributed by atoms with Crippen molar-refractivity contribution in [1.29, 1.82) is 0 Å². The van der Waals surface area contributed by atoms with Gasteiger partial charge in [0.15, 0.2) is 0 Å². The van der Waals surface area contributed by atoms with Gasteiger partial charge in [0, 0.05) is 17.8 Å². The molecule has 0 aliphatic carbocycles. The summed E-state index contributed by atoms with van der Waals surface area (Å²) in [6, 6.07) is 13.3. The third kappa shape index (κ3) is 5.26. The van der Waals surface area contributed by atoms with Gasteiger partial charge in [0.05, 0.1) is 11.2 Å². The van der Waals surface area contributed by atoms with E-state index in [2.05, 4.69) is 9.97 Å². The normalized spacial score (nSPS) is 13.3. The Morgan fingerprint density at radius 2 is 1.70 bits per heavy atom. The first kappa shape index (κ1) is 19.3. The molecule has 0 bridgehead atoms. The van der Waals surface area contributed by atoms with Crippen molar-refractivity contribution >= 4 is 10.9 Å². The van der Waals surface area contributed by atoms with Gasteiger partial charge >= 0.3 is 6.18 Å². The summed E-state index contributed by atoms with van der Waals surface area (Å²) in [5.74, 6) is 0.190. The van der Waals surface area contributed by atoms with Crippen LogP contribution >= 0.6 is 0 Å². The van der Waals surface area contributed by atoms with Gasteiger partial charge in [-0.25, -0.2) is 0 Å². The topological polar surface area (TPSA) is 35.0 Å². The van der Waals surface area contributed by atoms with Crippen molar-refractivity contribution in [2.75, 3.05) is 6.61 Å². The van der Waals surface area contributed by atoms with Crippen LogP contribution in [0.15, 0.2) is 54.9 Å². The third-order valence-electron chi connectivity index (χ3n) is 4.19. The number of rotatable bonds is 6. The molecule has 2 heterocycles. The lowest BCUT2D eigenvalue weighted by atomic mass is 10.0. The molecule has 0 N–H and O–H groups in total. The molecule has 27 heavy (non-hydrogen) atoms. The summed E-state index contributed by atoms with van der Waals surface area (Å²) in [7, 11) is 0. The first-order valence-corrected chi connectivity index (χ1v) is 8.81. The summed E-state index contributed by atoms with van der Waals surface area (Å²) >= 11 is 0. The molecule has 1 atom stereocenters. The van der Waals surface area contributed by atoms with Gasteiger partial charge in [-0.1, -0.05) is 26.0 Å². The van der Waals surface area contributed by atoms with Gasteiger partial charge in [-0.3, -0.25) is 9.97 Å². The van der Waals surface area contributed by atoms with Crippen LogP contribution in [0.25, 0.3) is 22.0 Å². The van der Waals surface area contributed by atoms with E-state index in [1.54, 1.807) is 18.5 Å². The van der Waals surface area contributed by atoms with Crippen molar-refractivity contribution in [3.8, 4) is 11.1 Å². The molecule has 1 unspecified atom stereocenters. The summed E-state index contributed by atoms with van der Waals surface area (Å²) in [4.78, 5) is 8.58. The number of hydrogen-bond donors (Lipinski definition) is 0. The highest BCUT2D eigenvalue weighted by Gasteiger charge is 2.30. The lowest BCUT2D eigenvalue weighted by molar-refractivity contribution is -0.188. The number of halogens is 3. The van der Waals surface area contributed by atoms with E-state index in [1.165, 1.54) is 0 Å². The molecule has 3 aromatic rings. The fourth-order valence-electron chi connectivity index (χ4n) is 2.94. The van der Waals surface area contributed by atoms with Gasteiger partial charge in [-0.05, 0) is 53.8 Å². The largest absolute Gasteiger partial charge is 0.411 e. The van der Waals surface area contributed by atoms with E-state index in [4.69, 9.17) is 4.74 Å². The average Bonchev–Trinajstić information content (AvgIpc) is 2.64. The number of hydrogen-bond acceptors (Lipinski definition) is 3. The molecule has 0 amide bonds. The van der Waals surface area contributed by atoms with Crippen molar-refractivity contribution in [2.45, 2.75) is 32.5 Å². The van der Waals surface area contributed by atoms with Crippen LogP contribution in [0.3, 0.4) is 0 Å². The summed E-state index contributed by atoms with van der Waals surface area (Å²) in [6.07, 6.45) is -1.10. The van der Waals surface area contributed by atoms with E-state index in [0.717, 1.165) is 22.0 Å². The van der Waals surface area contributed by atoms with Gasteiger partial charge in [0.1, 0.15) is 12.7 Å². The minimum atomic E-state index is -4.36. The van der Waals surface area contributed by atoms with E-state index in [0.29, 0.717) is 12.1 Å². The van der Waals surface area contributed by atoms with Gasteiger partial charge in [-0.15, -0.1) is 0 Å². The molecule has 0 aliphatic rings. The zero-order valence-corrected chi connectivity index (χ0v) is 15.2. The Kier molecular flexibility index (Phi) is 5.75. The number of fused-ring (bicyclic) bond motifs is 1.